The van der Waals surface area contributed by atoms with Crippen LogP contribution < -0.4 is 0 Å². The van der Waals surface area contributed by atoms with Gasteiger partial charge in [-0.2, -0.15) is 18.3 Å². The SMILES string of the molecule is Cc1cc([C@@H]2CN(C(=O)OC(C)(C)C)CC[C@H]2C)n2nc(C3CCC(C(F)(F)F)CC3)c(F)c2n1. The molecule has 0 aromatic carbocycles. The molecule has 2 atom stereocenters. The zero-order valence-corrected chi connectivity index (χ0v) is 21.0. The van der Waals surface area contributed by atoms with Crippen molar-refractivity contribution in [2.45, 2.75) is 90.3 Å². The smallest absolute Gasteiger partial charge is 0.410 e. The zero-order valence-electron chi connectivity index (χ0n) is 21.0. The van der Waals surface area contributed by atoms with Gasteiger partial charge in [0.1, 0.15) is 11.3 Å². The van der Waals surface area contributed by atoms with Gasteiger partial charge in [-0.3, -0.25) is 0 Å². The first-order valence-corrected chi connectivity index (χ1v) is 12.3. The first-order valence-electron chi connectivity index (χ1n) is 12.3. The number of amides is 1. The van der Waals surface area contributed by atoms with Crippen molar-refractivity contribution >= 4 is 11.7 Å². The predicted molar refractivity (Wildman–Crippen MR) is 123 cm³/mol. The number of carbonyl (C=O) groups is 1. The normalized spacial score (nSPS) is 26.3. The Morgan fingerprint density at radius 2 is 1.77 bits per heavy atom. The van der Waals surface area contributed by atoms with Crippen molar-refractivity contribution < 1.29 is 27.1 Å². The van der Waals surface area contributed by atoms with E-state index in [1.54, 1.807) is 11.8 Å². The van der Waals surface area contributed by atoms with E-state index in [0.29, 0.717) is 18.8 Å². The summed E-state index contributed by atoms with van der Waals surface area (Å²) in [6.07, 6.45) is -3.41. The number of halogens is 4. The Bertz CT molecular complexity index is 1080. The number of carbonyl (C=O) groups excluding carboxylic acids is 1. The number of piperidine rings is 1. The topological polar surface area (TPSA) is 59.7 Å². The standard InChI is InChI=1S/C25H34F4N4O2/c1-14-10-11-32(23(34)35-24(3,4)5)13-18(14)19-12-15(2)30-22-20(26)21(31-33(19)22)16-6-8-17(9-7-16)25(27,28)29/h12,14,16-18H,6-11,13H2,1-5H3/t14-,16?,17?,18-/m1/s1. The summed E-state index contributed by atoms with van der Waals surface area (Å²) in [7, 11) is 0. The maximum absolute atomic E-state index is 15.5. The number of aromatic nitrogens is 3. The average molecular weight is 499 g/mol. The van der Waals surface area contributed by atoms with Crippen molar-refractivity contribution in [1.29, 1.82) is 0 Å². The Balaban J connectivity index is 1.64. The van der Waals surface area contributed by atoms with Gasteiger partial charge in [0.05, 0.1) is 11.6 Å². The monoisotopic (exact) mass is 498 g/mol. The largest absolute Gasteiger partial charge is 0.444 e. The second-order valence-corrected chi connectivity index (χ2v) is 11.1. The van der Waals surface area contributed by atoms with Crippen LogP contribution in [0.4, 0.5) is 22.4 Å². The lowest BCUT2D eigenvalue weighted by molar-refractivity contribution is -0.182. The summed E-state index contributed by atoms with van der Waals surface area (Å²) in [4.78, 5) is 18.8. The second kappa shape index (κ2) is 9.24. The molecule has 2 aromatic rings. The highest BCUT2D eigenvalue weighted by Gasteiger charge is 2.43. The van der Waals surface area contributed by atoms with Crippen LogP contribution in [0.1, 0.15) is 88.7 Å². The number of rotatable bonds is 2. The van der Waals surface area contributed by atoms with Crippen molar-refractivity contribution in [1.82, 2.24) is 19.5 Å². The third-order valence-electron chi connectivity index (χ3n) is 7.28. The maximum Gasteiger partial charge on any atom is 0.410 e. The van der Waals surface area contributed by atoms with Gasteiger partial charge < -0.3 is 9.64 Å². The van der Waals surface area contributed by atoms with Crippen molar-refractivity contribution in [3.05, 3.63) is 29.0 Å². The number of ether oxygens (including phenoxy) is 1. The summed E-state index contributed by atoms with van der Waals surface area (Å²) in [5.41, 5.74) is 1.05. The summed E-state index contributed by atoms with van der Waals surface area (Å²) in [6, 6.07) is 1.86. The van der Waals surface area contributed by atoms with Crippen LogP contribution in [0.25, 0.3) is 5.65 Å². The molecule has 1 saturated carbocycles. The summed E-state index contributed by atoms with van der Waals surface area (Å²) in [6.45, 7) is 10.3. The van der Waals surface area contributed by atoms with E-state index in [2.05, 4.69) is 17.0 Å². The Labute approximate surface area is 203 Å². The molecule has 1 saturated heterocycles. The van der Waals surface area contributed by atoms with Crippen molar-refractivity contribution in [2.24, 2.45) is 11.8 Å². The molecule has 2 aliphatic rings. The molecule has 0 bridgehead atoms. The van der Waals surface area contributed by atoms with Crippen LogP contribution >= 0.6 is 0 Å². The zero-order chi connectivity index (χ0) is 25.7. The van der Waals surface area contributed by atoms with Crippen LogP contribution in [0, 0.1) is 24.6 Å². The molecule has 3 heterocycles. The highest BCUT2D eigenvalue weighted by molar-refractivity contribution is 5.68. The molecule has 194 valence electrons. The molecular formula is C25H34F4N4O2. The van der Waals surface area contributed by atoms with Gasteiger partial charge in [0.2, 0.25) is 0 Å². The summed E-state index contributed by atoms with van der Waals surface area (Å²) in [5.74, 6) is -2.18. The Hall–Kier alpha value is -2.39. The van der Waals surface area contributed by atoms with Gasteiger partial charge >= 0.3 is 12.3 Å². The van der Waals surface area contributed by atoms with E-state index in [4.69, 9.17) is 4.74 Å². The van der Waals surface area contributed by atoms with E-state index >= 15 is 4.39 Å². The second-order valence-electron chi connectivity index (χ2n) is 11.1. The summed E-state index contributed by atoms with van der Waals surface area (Å²) < 4.78 is 61.9. The van der Waals surface area contributed by atoms with Crippen LogP contribution in [0.3, 0.4) is 0 Å². The third kappa shape index (κ3) is 5.40. The van der Waals surface area contributed by atoms with Crippen LogP contribution in [-0.2, 0) is 4.74 Å². The molecule has 6 nitrogen and oxygen atoms in total. The molecule has 35 heavy (non-hydrogen) atoms. The number of nitrogens with zero attached hydrogens (tertiary/aromatic N) is 4. The molecule has 1 aliphatic carbocycles. The van der Waals surface area contributed by atoms with Gasteiger partial charge in [-0.05, 0) is 71.8 Å². The van der Waals surface area contributed by atoms with Gasteiger partial charge in [-0.1, -0.05) is 6.92 Å². The van der Waals surface area contributed by atoms with Gasteiger partial charge in [-0.15, -0.1) is 0 Å². The highest BCUT2D eigenvalue weighted by Crippen LogP contribution is 2.43. The molecule has 2 fully saturated rings. The summed E-state index contributed by atoms with van der Waals surface area (Å²) >= 11 is 0. The van der Waals surface area contributed by atoms with Crippen molar-refractivity contribution in [2.75, 3.05) is 13.1 Å². The lowest BCUT2D eigenvalue weighted by atomic mass is 9.80. The molecule has 10 heteroatoms. The highest BCUT2D eigenvalue weighted by atomic mass is 19.4. The molecule has 1 aliphatic heterocycles. The fraction of sp³-hybridized carbons (Fsp3) is 0.720. The number of aryl methyl sites for hydroxylation is 1. The molecule has 1 amide bonds. The van der Waals surface area contributed by atoms with E-state index in [1.807, 2.05) is 26.8 Å². The predicted octanol–water partition coefficient (Wildman–Crippen LogP) is 6.37. The van der Waals surface area contributed by atoms with Crippen LogP contribution in [0.15, 0.2) is 6.07 Å². The minimum Gasteiger partial charge on any atom is -0.444 e. The number of alkyl halides is 3. The van der Waals surface area contributed by atoms with E-state index in [9.17, 15) is 18.0 Å². The van der Waals surface area contributed by atoms with Crippen molar-refractivity contribution in [3.63, 3.8) is 0 Å². The number of hydrogen-bond donors (Lipinski definition) is 0. The van der Waals surface area contributed by atoms with Crippen LogP contribution in [0.2, 0.25) is 0 Å². The Morgan fingerprint density at radius 1 is 1.11 bits per heavy atom. The first-order chi connectivity index (χ1) is 16.2. The van der Waals surface area contributed by atoms with E-state index in [-0.39, 0.29) is 60.9 Å². The van der Waals surface area contributed by atoms with E-state index in [0.717, 1.165) is 12.1 Å². The fourth-order valence-corrected chi connectivity index (χ4v) is 5.32. The van der Waals surface area contributed by atoms with Crippen LogP contribution in [-0.4, -0.2) is 50.5 Å². The third-order valence-corrected chi connectivity index (χ3v) is 7.28. The first kappa shape index (κ1) is 25.7. The fourth-order valence-electron chi connectivity index (χ4n) is 5.32. The molecular weight excluding hydrogens is 464 g/mol. The van der Waals surface area contributed by atoms with Crippen LogP contribution in [0.5, 0.6) is 0 Å². The number of fused-ring (bicyclic) bond motifs is 1. The molecule has 4 rings (SSSR count). The average Bonchev–Trinajstić information content (AvgIpc) is 3.08. The summed E-state index contributed by atoms with van der Waals surface area (Å²) in [5, 5.41) is 4.57. The Morgan fingerprint density at radius 3 is 2.37 bits per heavy atom. The van der Waals surface area contributed by atoms with Gasteiger partial charge in [0.15, 0.2) is 11.5 Å². The van der Waals surface area contributed by atoms with Gasteiger partial charge in [-0.25, -0.2) is 18.7 Å². The van der Waals surface area contributed by atoms with Gasteiger partial charge in [0, 0.05) is 30.6 Å². The number of hydrogen-bond acceptors (Lipinski definition) is 4. The lowest BCUT2D eigenvalue weighted by Crippen LogP contribution is -2.45. The molecule has 0 spiro atoms. The van der Waals surface area contributed by atoms with Gasteiger partial charge in [0.25, 0.3) is 0 Å². The molecule has 0 unspecified atom stereocenters. The molecule has 2 aromatic heterocycles. The van der Waals surface area contributed by atoms with Crippen molar-refractivity contribution in [3.8, 4) is 0 Å². The lowest BCUT2D eigenvalue weighted by Gasteiger charge is -2.37. The minimum absolute atomic E-state index is 0.0225. The quantitative estimate of drug-likeness (QED) is 0.451. The minimum atomic E-state index is -4.22. The molecule has 0 radical (unpaired) electrons. The van der Waals surface area contributed by atoms with E-state index < -0.39 is 23.5 Å². The maximum atomic E-state index is 15.5. The molecule has 0 N–H and O–H groups in total. The number of likely N-dealkylation sites (tertiary alicyclic amines) is 1. The Kier molecular flexibility index (Phi) is 6.79. The van der Waals surface area contributed by atoms with E-state index in [1.165, 1.54) is 4.52 Å².